The van der Waals surface area contributed by atoms with Gasteiger partial charge in [0, 0.05) is 24.6 Å². The van der Waals surface area contributed by atoms with Gasteiger partial charge in [0.15, 0.2) is 0 Å². The first-order valence-corrected chi connectivity index (χ1v) is 8.35. The Morgan fingerprint density at radius 1 is 1.39 bits per heavy atom. The Morgan fingerprint density at radius 3 is 2.67 bits per heavy atom. The van der Waals surface area contributed by atoms with Crippen molar-refractivity contribution in [3.8, 4) is 0 Å². The summed E-state index contributed by atoms with van der Waals surface area (Å²) in [5, 5.41) is 0. The van der Waals surface area contributed by atoms with E-state index in [1.54, 1.807) is 6.07 Å². The first-order valence-electron chi connectivity index (χ1n) is 6.05. The second kappa shape index (κ2) is 7.23. The molecule has 18 heavy (non-hydrogen) atoms. The molecule has 0 amide bonds. The molecule has 0 saturated heterocycles. The van der Waals surface area contributed by atoms with E-state index in [4.69, 9.17) is 4.74 Å². The molecule has 0 aliphatic carbocycles. The van der Waals surface area contributed by atoms with Gasteiger partial charge in [0.2, 0.25) is 10.0 Å². The number of sulfonamides is 1. The van der Waals surface area contributed by atoms with Crippen LogP contribution >= 0.6 is 11.3 Å². The molecule has 0 bridgehead atoms. The summed E-state index contributed by atoms with van der Waals surface area (Å²) in [5.74, 6) is 0.510. The molecule has 6 heteroatoms. The van der Waals surface area contributed by atoms with E-state index in [9.17, 15) is 8.42 Å². The quantitative estimate of drug-likeness (QED) is 0.748. The molecule has 0 radical (unpaired) electrons. The first kappa shape index (κ1) is 15.6. The third kappa shape index (κ3) is 5.48. The molecular weight excluding hydrogens is 270 g/mol. The lowest BCUT2D eigenvalue weighted by atomic mass is 10.2. The first-order chi connectivity index (χ1) is 8.42. The van der Waals surface area contributed by atoms with Crippen molar-refractivity contribution in [3.63, 3.8) is 0 Å². The van der Waals surface area contributed by atoms with Crippen LogP contribution in [0.15, 0.2) is 16.3 Å². The van der Waals surface area contributed by atoms with Crippen LogP contribution in [0, 0.1) is 12.8 Å². The lowest BCUT2D eigenvalue weighted by molar-refractivity contribution is 0.108. The second-order valence-electron chi connectivity index (χ2n) is 4.59. The summed E-state index contributed by atoms with van der Waals surface area (Å²) in [5.41, 5.74) is 0. The van der Waals surface area contributed by atoms with Crippen LogP contribution in [0.25, 0.3) is 0 Å². The maximum absolute atomic E-state index is 11.8. The van der Waals surface area contributed by atoms with Crippen molar-refractivity contribution in [1.82, 2.24) is 4.72 Å². The SMILES string of the molecule is Cc1ccc(S(=O)(=O)NCCCOCC(C)C)s1. The molecule has 1 aromatic rings. The van der Waals surface area contributed by atoms with Crippen LogP contribution in [0.1, 0.15) is 25.1 Å². The number of ether oxygens (including phenoxy) is 1. The van der Waals surface area contributed by atoms with Crippen molar-refractivity contribution in [2.75, 3.05) is 19.8 Å². The maximum Gasteiger partial charge on any atom is 0.250 e. The van der Waals surface area contributed by atoms with Crippen LogP contribution in [-0.2, 0) is 14.8 Å². The molecule has 0 atom stereocenters. The minimum Gasteiger partial charge on any atom is -0.381 e. The van der Waals surface area contributed by atoms with Gasteiger partial charge in [0.25, 0.3) is 0 Å². The molecule has 4 nitrogen and oxygen atoms in total. The van der Waals surface area contributed by atoms with Crippen LogP contribution in [-0.4, -0.2) is 28.2 Å². The highest BCUT2D eigenvalue weighted by molar-refractivity contribution is 7.91. The van der Waals surface area contributed by atoms with Crippen molar-refractivity contribution < 1.29 is 13.2 Å². The zero-order chi connectivity index (χ0) is 13.6. The number of aryl methyl sites for hydroxylation is 1. The fourth-order valence-electron chi connectivity index (χ4n) is 1.33. The minimum atomic E-state index is -3.33. The highest BCUT2D eigenvalue weighted by Gasteiger charge is 2.14. The largest absolute Gasteiger partial charge is 0.381 e. The van der Waals surface area contributed by atoms with E-state index in [0.29, 0.717) is 29.7 Å². The van der Waals surface area contributed by atoms with Crippen molar-refractivity contribution in [1.29, 1.82) is 0 Å². The van der Waals surface area contributed by atoms with Crippen LogP contribution in [0.2, 0.25) is 0 Å². The van der Waals surface area contributed by atoms with Crippen molar-refractivity contribution in [3.05, 3.63) is 17.0 Å². The van der Waals surface area contributed by atoms with Crippen LogP contribution < -0.4 is 4.72 Å². The predicted molar refractivity (Wildman–Crippen MR) is 74.5 cm³/mol. The zero-order valence-electron chi connectivity index (χ0n) is 11.1. The van der Waals surface area contributed by atoms with Gasteiger partial charge in [-0.05, 0) is 31.4 Å². The third-order valence-corrected chi connectivity index (χ3v) is 5.14. The number of nitrogens with one attached hydrogen (secondary N) is 1. The Hall–Kier alpha value is -0.430. The topological polar surface area (TPSA) is 55.4 Å². The lowest BCUT2D eigenvalue weighted by Gasteiger charge is -2.07. The van der Waals surface area contributed by atoms with Crippen LogP contribution in [0.5, 0.6) is 0 Å². The van der Waals surface area contributed by atoms with E-state index in [2.05, 4.69) is 18.6 Å². The summed E-state index contributed by atoms with van der Waals surface area (Å²) in [6, 6.07) is 3.45. The number of hydrogen-bond donors (Lipinski definition) is 1. The molecule has 0 saturated carbocycles. The summed E-state index contributed by atoms with van der Waals surface area (Å²) in [4.78, 5) is 0.996. The van der Waals surface area contributed by atoms with E-state index < -0.39 is 10.0 Å². The average Bonchev–Trinajstić information content (AvgIpc) is 2.70. The highest BCUT2D eigenvalue weighted by Crippen LogP contribution is 2.20. The molecule has 0 aliphatic rings. The van der Waals surface area contributed by atoms with Crippen LogP contribution in [0.4, 0.5) is 0 Å². The third-order valence-electron chi connectivity index (χ3n) is 2.19. The van der Waals surface area contributed by atoms with Gasteiger partial charge in [0.1, 0.15) is 4.21 Å². The Bertz CT molecular complexity index is 452. The Balaban J connectivity index is 2.26. The molecule has 1 aromatic heterocycles. The van der Waals surface area contributed by atoms with E-state index in [0.717, 1.165) is 11.5 Å². The molecule has 0 unspecified atom stereocenters. The average molecular weight is 291 g/mol. The predicted octanol–water partition coefficient (Wildman–Crippen LogP) is 2.40. The Morgan fingerprint density at radius 2 is 2.11 bits per heavy atom. The number of thiophene rings is 1. The fraction of sp³-hybridized carbons (Fsp3) is 0.667. The standard InChI is InChI=1S/C12H21NO3S2/c1-10(2)9-16-8-4-7-13-18(14,15)12-6-5-11(3)17-12/h5-6,10,13H,4,7-9H2,1-3H3. The van der Waals surface area contributed by atoms with Gasteiger partial charge in [-0.1, -0.05) is 13.8 Å². The maximum atomic E-state index is 11.8. The van der Waals surface area contributed by atoms with E-state index in [-0.39, 0.29) is 0 Å². The van der Waals surface area contributed by atoms with Gasteiger partial charge in [0.05, 0.1) is 0 Å². The second-order valence-corrected chi connectivity index (χ2v) is 7.87. The Kier molecular flexibility index (Phi) is 6.28. The normalized spacial score (nSPS) is 12.2. The van der Waals surface area contributed by atoms with Gasteiger partial charge in [-0.3, -0.25) is 0 Å². The molecule has 0 aromatic carbocycles. The van der Waals surface area contributed by atoms with Crippen molar-refractivity contribution in [2.45, 2.75) is 31.4 Å². The zero-order valence-corrected chi connectivity index (χ0v) is 12.7. The summed E-state index contributed by atoms with van der Waals surface area (Å²) < 4.78 is 32.0. The summed E-state index contributed by atoms with van der Waals surface area (Å²) in [6.45, 7) is 7.78. The minimum absolute atomic E-state index is 0.378. The smallest absolute Gasteiger partial charge is 0.250 e. The molecule has 0 aliphatic heterocycles. The Labute approximate surface area is 113 Å². The van der Waals surface area contributed by atoms with E-state index >= 15 is 0 Å². The molecule has 1 N–H and O–H groups in total. The molecule has 0 fully saturated rings. The lowest BCUT2D eigenvalue weighted by Crippen LogP contribution is -2.25. The van der Waals surface area contributed by atoms with Crippen LogP contribution in [0.3, 0.4) is 0 Å². The summed E-state index contributed by atoms with van der Waals surface area (Å²) in [6.07, 6.45) is 0.691. The fourth-order valence-corrected chi connectivity index (χ4v) is 3.73. The molecular formula is C12H21NO3S2. The molecule has 104 valence electrons. The summed E-state index contributed by atoms with van der Waals surface area (Å²) in [7, 11) is -3.33. The van der Waals surface area contributed by atoms with Crippen molar-refractivity contribution in [2.24, 2.45) is 5.92 Å². The van der Waals surface area contributed by atoms with E-state index in [1.807, 2.05) is 13.0 Å². The molecule has 1 heterocycles. The van der Waals surface area contributed by atoms with Gasteiger partial charge < -0.3 is 4.74 Å². The summed E-state index contributed by atoms with van der Waals surface area (Å²) >= 11 is 1.29. The number of rotatable bonds is 8. The molecule has 0 spiro atoms. The van der Waals surface area contributed by atoms with Gasteiger partial charge in [-0.2, -0.15) is 0 Å². The van der Waals surface area contributed by atoms with Crippen molar-refractivity contribution >= 4 is 21.4 Å². The highest BCUT2D eigenvalue weighted by atomic mass is 32.2. The number of hydrogen-bond acceptors (Lipinski definition) is 4. The molecule has 1 rings (SSSR count). The van der Waals surface area contributed by atoms with Gasteiger partial charge in [-0.15, -0.1) is 11.3 Å². The monoisotopic (exact) mass is 291 g/mol. The van der Waals surface area contributed by atoms with Gasteiger partial charge in [-0.25, -0.2) is 13.1 Å². The van der Waals surface area contributed by atoms with Gasteiger partial charge >= 0.3 is 0 Å². The van der Waals surface area contributed by atoms with E-state index in [1.165, 1.54) is 11.3 Å².